The van der Waals surface area contributed by atoms with Crippen LogP contribution in [0.25, 0.3) is 0 Å². The monoisotopic (exact) mass is 436 g/mol. The van der Waals surface area contributed by atoms with Gasteiger partial charge in [0.25, 0.3) is 0 Å². The summed E-state index contributed by atoms with van der Waals surface area (Å²) in [7, 11) is 0. The number of hydrogen-bond acceptors (Lipinski definition) is 6. The SMILES string of the molecule is C=CCN(CCCC)C(=O)[C@H]1N(CCCCO)C(=O)[C@@H]2[C@@H](C(=O)OCC)[C@H]3CC[C@]21O3. The molecule has 3 rings (SSSR count). The number of aliphatic hydroxyl groups is 1. The average Bonchev–Trinajstić information content (AvgIpc) is 3.39. The van der Waals surface area contributed by atoms with Crippen LogP contribution in [0.5, 0.6) is 0 Å². The van der Waals surface area contributed by atoms with E-state index >= 15 is 0 Å². The van der Waals surface area contributed by atoms with Gasteiger partial charge in [-0.2, -0.15) is 0 Å². The maximum absolute atomic E-state index is 13.8. The molecule has 0 aromatic heterocycles. The van der Waals surface area contributed by atoms with Crippen LogP contribution in [-0.2, 0) is 23.9 Å². The Labute approximate surface area is 184 Å². The number of esters is 1. The molecule has 31 heavy (non-hydrogen) atoms. The Morgan fingerprint density at radius 1 is 1.35 bits per heavy atom. The molecule has 0 aliphatic carbocycles. The lowest BCUT2D eigenvalue weighted by Crippen LogP contribution is -2.56. The van der Waals surface area contributed by atoms with E-state index in [2.05, 4.69) is 13.5 Å². The van der Waals surface area contributed by atoms with Crippen LogP contribution in [0.15, 0.2) is 12.7 Å². The van der Waals surface area contributed by atoms with Crippen LogP contribution < -0.4 is 0 Å². The van der Waals surface area contributed by atoms with Crippen molar-refractivity contribution in [3.63, 3.8) is 0 Å². The minimum Gasteiger partial charge on any atom is -0.466 e. The summed E-state index contributed by atoms with van der Waals surface area (Å²) in [6.07, 6.45) is 5.46. The molecular weight excluding hydrogens is 400 g/mol. The average molecular weight is 437 g/mol. The van der Waals surface area contributed by atoms with Gasteiger partial charge in [0, 0.05) is 26.2 Å². The van der Waals surface area contributed by atoms with Gasteiger partial charge >= 0.3 is 5.97 Å². The fourth-order valence-corrected chi connectivity index (χ4v) is 5.54. The third-order valence-electron chi connectivity index (χ3n) is 6.84. The summed E-state index contributed by atoms with van der Waals surface area (Å²) in [5, 5.41) is 9.20. The minimum atomic E-state index is -0.985. The normalized spacial score (nSPS) is 31.1. The number of amides is 2. The number of likely N-dealkylation sites (tertiary alicyclic amines) is 1. The van der Waals surface area contributed by atoms with E-state index in [1.807, 2.05) is 0 Å². The van der Waals surface area contributed by atoms with Crippen LogP contribution in [0.1, 0.15) is 52.4 Å². The second-order valence-electron chi connectivity index (χ2n) is 8.70. The molecule has 1 spiro atoms. The van der Waals surface area contributed by atoms with Crippen molar-refractivity contribution >= 4 is 17.8 Å². The molecule has 0 aromatic carbocycles. The molecule has 3 aliphatic heterocycles. The molecule has 8 heteroatoms. The van der Waals surface area contributed by atoms with Gasteiger partial charge in [-0.05, 0) is 39.0 Å². The third kappa shape index (κ3) is 4.12. The first-order chi connectivity index (χ1) is 15.0. The highest BCUT2D eigenvalue weighted by Gasteiger charge is 2.74. The van der Waals surface area contributed by atoms with Gasteiger partial charge in [-0.3, -0.25) is 14.4 Å². The first-order valence-corrected chi connectivity index (χ1v) is 11.6. The Morgan fingerprint density at radius 3 is 2.77 bits per heavy atom. The van der Waals surface area contributed by atoms with Crippen LogP contribution >= 0.6 is 0 Å². The molecular formula is C23H36N2O6. The zero-order valence-corrected chi connectivity index (χ0v) is 18.8. The number of ether oxygens (including phenoxy) is 2. The van der Waals surface area contributed by atoms with Gasteiger partial charge in [0.1, 0.15) is 11.6 Å². The van der Waals surface area contributed by atoms with Crippen LogP contribution in [0, 0.1) is 11.8 Å². The molecule has 8 nitrogen and oxygen atoms in total. The molecule has 3 heterocycles. The summed E-state index contributed by atoms with van der Waals surface area (Å²) in [5.41, 5.74) is -0.985. The molecule has 0 unspecified atom stereocenters. The van der Waals surface area contributed by atoms with E-state index in [4.69, 9.17) is 9.47 Å². The van der Waals surface area contributed by atoms with Crippen molar-refractivity contribution in [2.75, 3.05) is 32.8 Å². The van der Waals surface area contributed by atoms with Crippen LogP contribution in [0.2, 0.25) is 0 Å². The number of hydrogen-bond donors (Lipinski definition) is 1. The number of nitrogens with zero attached hydrogens (tertiary/aromatic N) is 2. The molecule has 0 radical (unpaired) electrons. The topological polar surface area (TPSA) is 96.4 Å². The van der Waals surface area contributed by atoms with E-state index in [0.717, 1.165) is 12.8 Å². The van der Waals surface area contributed by atoms with Crippen molar-refractivity contribution in [2.24, 2.45) is 11.8 Å². The number of rotatable bonds is 12. The summed E-state index contributed by atoms with van der Waals surface area (Å²) >= 11 is 0. The van der Waals surface area contributed by atoms with Gasteiger partial charge < -0.3 is 24.4 Å². The molecule has 0 saturated carbocycles. The van der Waals surface area contributed by atoms with Gasteiger partial charge in [0.05, 0.1) is 24.5 Å². The standard InChI is InChI=1S/C23H36N2O6/c1-4-7-13-24(12-5-2)21(28)19-23-11-10-16(31-23)17(22(29)30-6-3)18(23)20(27)25(19)14-8-9-15-26/h5,16-19,26H,2,4,6-15H2,1,3H3/t16-,17+,18+,19-,23+/m1/s1. The van der Waals surface area contributed by atoms with Crippen LogP contribution in [0.4, 0.5) is 0 Å². The van der Waals surface area contributed by atoms with Gasteiger partial charge in [-0.1, -0.05) is 19.4 Å². The van der Waals surface area contributed by atoms with Crippen molar-refractivity contribution < 1.29 is 29.0 Å². The maximum atomic E-state index is 13.8. The Morgan fingerprint density at radius 2 is 2.13 bits per heavy atom. The molecule has 3 saturated heterocycles. The van der Waals surface area contributed by atoms with E-state index in [9.17, 15) is 19.5 Å². The zero-order valence-electron chi connectivity index (χ0n) is 18.8. The van der Waals surface area contributed by atoms with E-state index in [1.54, 1.807) is 22.8 Å². The lowest BCUT2D eigenvalue weighted by molar-refractivity contribution is -0.155. The summed E-state index contributed by atoms with van der Waals surface area (Å²) in [6, 6.07) is -0.759. The number of carbonyl (C=O) groups excluding carboxylic acids is 3. The van der Waals surface area contributed by atoms with Crippen molar-refractivity contribution in [2.45, 2.75) is 70.1 Å². The van der Waals surface area contributed by atoms with Crippen molar-refractivity contribution in [3.8, 4) is 0 Å². The summed E-state index contributed by atoms with van der Waals surface area (Å²) in [4.78, 5) is 43.5. The summed E-state index contributed by atoms with van der Waals surface area (Å²) < 4.78 is 11.6. The first-order valence-electron chi connectivity index (χ1n) is 11.6. The van der Waals surface area contributed by atoms with Crippen molar-refractivity contribution in [3.05, 3.63) is 12.7 Å². The molecule has 0 aromatic rings. The predicted molar refractivity (Wildman–Crippen MR) is 114 cm³/mol. The number of unbranched alkanes of at least 4 members (excludes halogenated alkanes) is 2. The molecule has 2 bridgehead atoms. The quantitative estimate of drug-likeness (QED) is 0.283. The highest BCUT2D eigenvalue weighted by Crippen LogP contribution is 2.58. The number of aliphatic hydroxyl groups excluding tert-OH is 1. The van der Waals surface area contributed by atoms with E-state index < -0.39 is 29.4 Å². The first kappa shape index (κ1) is 23.7. The number of fused-ring (bicyclic) bond motifs is 1. The zero-order chi connectivity index (χ0) is 22.6. The van der Waals surface area contributed by atoms with Crippen LogP contribution in [0.3, 0.4) is 0 Å². The lowest BCUT2D eigenvalue weighted by Gasteiger charge is -2.36. The molecule has 2 amide bonds. The highest BCUT2D eigenvalue weighted by atomic mass is 16.6. The number of carbonyl (C=O) groups is 3. The minimum absolute atomic E-state index is 0.0261. The van der Waals surface area contributed by atoms with Gasteiger partial charge in [0.15, 0.2) is 0 Å². The second-order valence-corrected chi connectivity index (χ2v) is 8.70. The molecule has 3 fully saturated rings. The molecule has 1 N–H and O–H groups in total. The molecule has 174 valence electrons. The van der Waals surface area contributed by atoms with Crippen molar-refractivity contribution in [1.82, 2.24) is 9.80 Å². The highest BCUT2D eigenvalue weighted by molar-refractivity contribution is 5.98. The lowest BCUT2D eigenvalue weighted by atomic mass is 9.70. The van der Waals surface area contributed by atoms with E-state index in [1.165, 1.54) is 0 Å². The Bertz CT molecular complexity index is 698. The van der Waals surface area contributed by atoms with E-state index in [0.29, 0.717) is 45.3 Å². The molecule has 5 atom stereocenters. The van der Waals surface area contributed by atoms with Gasteiger partial charge in [-0.25, -0.2) is 0 Å². The predicted octanol–water partition coefficient (Wildman–Crippen LogP) is 1.51. The summed E-state index contributed by atoms with van der Waals surface area (Å²) in [6.45, 7) is 9.20. The Hall–Kier alpha value is -1.93. The second kappa shape index (κ2) is 10.1. The molecule has 3 aliphatic rings. The van der Waals surface area contributed by atoms with Gasteiger partial charge in [-0.15, -0.1) is 6.58 Å². The fraction of sp³-hybridized carbons (Fsp3) is 0.783. The Kier molecular flexibility index (Phi) is 7.75. The third-order valence-corrected chi connectivity index (χ3v) is 6.84. The summed E-state index contributed by atoms with van der Waals surface area (Å²) in [5.74, 6) is -2.11. The van der Waals surface area contributed by atoms with Gasteiger partial charge in [0.2, 0.25) is 11.8 Å². The smallest absolute Gasteiger partial charge is 0.312 e. The fourth-order valence-electron chi connectivity index (χ4n) is 5.54. The Balaban J connectivity index is 1.96. The maximum Gasteiger partial charge on any atom is 0.312 e. The van der Waals surface area contributed by atoms with Crippen LogP contribution in [-0.4, -0.2) is 83.3 Å². The largest absolute Gasteiger partial charge is 0.466 e. The van der Waals surface area contributed by atoms with E-state index in [-0.39, 0.29) is 31.1 Å². The van der Waals surface area contributed by atoms with Crippen molar-refractivity contribution in [1.29, 1.82) is 0 Å².